The third-order valence-electron chi connectivity index (χ3n) is 2.99. The molecule has 0 aliphatic rings. The highest BCUT2D eigenvalue weighted by molar-refractivity contribution is 5.85. The molecule has 2 atom stereocenters. The van der Waals surface area contributed by atoms with Crippen molar-refractivity contribution in [3.8, 4) is 17.2 Å². The first kappa shape index (κ1) is 20.6. The molecule has 5 nitrogen and oxygen atoms in total. The van der Waals surface area contributed by atoms with Gasteiger partial charge in [-0.25, -0.2) is 0 Å². The molecule has 128 valence electrons. The second-order valence-electron chi connectivity index (χ2n) is 4.32. The predicted molar refractivity (Wildman–Crippen MR) is 77.0 cm³/mol. The highest BCUT2D eigenvalue weighted by Crippen LogP contribution is 2.43. The van der Waals surface area contributed by atoms with E-state index in [1.54, 1.807) is 0 Å². The number of halogens is 4. The van der Waals surface area contributed by atoms with Gasteiger partial charge >= 0.3 is 6.18 Å². The molecule has 0 amide bonds. The van der Waals surface area contributed by atoms with Crippen LogP contribution in [0.15, 0.2) is 12.1 Å². The zero-order valence-electron chi connectivity index (χ0n) is 12.3. The molecule has 1 rings (SSSR count). The fraction of sp³-hybridized carbons (Fsp3) is 0.538. The van der Waals surface area contributed by atoms with E-state index in [1.165, 1.54) is 33.5 Å². The van der Waals surface area contributed by atoms with Gasteiger partial charge in [-0.3, -0.25) is 0 Å². The van der Waals surface area contributed by atoms with Gasteiger partial charge < -0.3 is 25.1 Å². The maximum absolute atomic E-state index is 12.5. The first-order valence-corrected chi connectivity index (χ1v) is 6.05. The Hall–Kier alpha value is -1.38. The summed E-state index contributed by atoms with van der Waals surface area (Å²) >= 11 is 0. The number of methoxy groups -OCH3 is 3. The maximum atomic E-state index is 12.5. The van der Waals surface area contributed by atoms with Crippen LogP contribution in [0.4, 0.5) is 13.2 Å². The summed E-state index contributed by atoms with van der Waals surface area (Å²) in [6.07, 6.45) is -6.71. The number of aliphatic hydroxyl groups excluding tert-OH is 1. The summed E-state index contributed by atoms with van der Waals surface area (Å²) in [6.45, 7) is 0. The molecule has 1 aromatic rings. The van der Waals surface area contributed by atoms with Crippen LogP contribution in [-0.2, 0) is 0 Å². The second kappa shape index (κ2) is 8.30. The average molecular weight is 346 g/mol. The van der Waals surface area contributed by atoms with E-state index in [0.29, 0.717) is 5.75 Å². The van der Waals surface area contributed by atoms with Crippen molar-refractivity contribution in [2.45, 2.75) is 24.7 Å². The van der Waals surface area contributed by atoms with E-state index in [4.69, 9.17) is 19.9 Å². The molecule has 1 aromatic carbocycles. The maximum Gasteiger partial charge on any atom is 0.403 e. The van der Waals surface area contributed by atoms with Gasteiger partial charge in [0.2, 0.25) is 5.75 Å². The van der Waals surface area contributed by atoms with Gasteiger partial charge in [-0.15, -0.1) is 12.4 Å². The molecule has 0 saturated carbocycles. The fourth-order valence-electron chi connectivity index (χ4n) is 1.89. The summed E-state index contributed by atoms with van der Waals surface area (Å²) in [6, 6.07) is 0.748. The topological polar surface area (TPSA) is 73.9 Å². The smallest absolute Gasteiger partial charge is 0.403 e. The summed E-state index contributed by atoms with van der Waals surface area (Å²) in [5.41, 5.74) is 5.17. The molecule has 0 unspecified atom stereocenters. The largest absolute Gasteiger partial charge is 0.493 e. The van der Waals surface area contributed by atoms with Crippen LogP contribution in [0.25, 0.3) is 0 Å². The van der Waals surface area contributed by atoms with Crippen molar-refractivity contribution in [1.82, 2.24) is 0 Å². The standard InChI is InChI=1S/C13H18F3NO4.ClH/c1-19-9-5-4-7(11(20-2)12(9)21-3)8(18)6-10(17)13(14,15)16;/h4-5,8,10,18H,6,17H2,1-3H3;1H/t8-,10+;/m0./s1. The lowest BCUT2D eigenvalue weighted by molar-refractivity contribution is -0.153. The highest BCUT2D eigenvalue weighted by atomic mass is 35.5. The molecule has 0 fully saturated rings. The van der Waals surface area contributed by atoms with E-state index in [2.05, 4.69) is 0 Å². The number of hydrogen-bond acceptors (Lipinski definition) is 5. The van der Waals surface area contributed by atoms with Crippen molar-refractivity contribution in [3.63, 3.8) is 0 Å². The van der Waals surface area contributed by atoms with Crippen molar-refractivity contribution in [1.29, 1.82) is 0 Å². The lowest BCUT2D eigenvalue weighted by Crippen LogP contribution is -2.38. The van der Waals surface area contributed by atoms with Gasteiger partial charge in [-0.1, -0.05) is 0 Å². The van der Waals surface area contributed by atoms with Gasteiger partial charge in [-0.05, 0) is 12.1 Å². The van der Waals surface area contributed by atoms with E-state index in [0.717, 1.165) is 0 Å². The van der Waals surface area contributed by atoms with E-state index in [9.17, 15) is 18.3 Å². The molecule has 0 saturated heterocycles. The van der Waals surface area contributed by atoms with Crippen LogP contribution in [0.1, 0.15) is 18.1 Å². The van der Waals surface area contributed by atoms with Crippen LogP contribution in [0, 0.1) is 0 Å². The third-order valence-corrected chi connectivity index (χ3v) is 2.99. The molecule has 0 heterocycles. The van der Waals surface area contributed by atoms with Gasteiger partial charge in [0.15, 0.2) is 11.5 Å². The van der Waals surface area contributed by atoms with Gasteiger partial charge in [0.25, 0.3) is 0 Å². The molecular formula is C13H19ClF3NO4. The van der Waals surface area contributed by atoms with E-state index in [1.807, 2.05) is 0 Å². The fourth-order valence-corrected chi connectivity index (χ4v) is 1.89. The Labute approximate surface area is 132 Å². The molecule has 0 bridgehead atoms. The summed E-state index contributed by atoms with van der Waals surface area (Å²) in [7, 11) is 4.09. The molecule has 0 aliphatic carbocycles. The summed E-state index contributed by atoms with van der Waals surface area (Å²) < 4.78 is 52.7. The SMILES string of the molecule is COc1ccc([C@@H](O)C[C@@H](N)C(F)(F)F)c(OC)c1OC.Cl. The monoisotopic (exact) mass is 345 g/mol. The Kier molecular flexibility index (Phi) is 7.78. The van der Waals surface area contributed by atoms with Crippen molar-refractivity contribution in [2.24, 2.45) is 5.73 Å². The van der Waals surface area contributed by atoms with Crippen LogP contribution in [-0.4, -0.2) is 38.7 Å². The molecule has 0 spiro atoms. The number of ether oxygens (including phenoxy) is 3. The van der Waals surface area contributed by atoms with Crippen molar-refractivity contribution >= 4 is 12.4 Å². The summed E-state index contributed by atoms with van der Waals surface area (Å²) in [5, 5.41) is 9.99. The molecule has 0 aromatic heterocycles. The third kappa shape index (κ3) is 4.56. The molecule has 3 N–H and O–H groups in total. The molecule has 0 radical (unpaired) electrons. The predicted octanol–water partition coefficient (Wildman–Crippen LogP) is 2.45. The Morgan fingerprint density at radius 3 is 2.05 bits per heavy atom. The first-order valence-electron chi connectivity index (χ1n) is 6.05. The summed E-state index contributed by atoms with van der Waals surface area (Å²) in [4.78, 5) is 0. The Bertz CT molecular complexity index is 485. The van der Waals surface area contributed by atoms with Gasteiger partial charge in [0.05, 0.1) is 27.4 Å². The zero-order valence-corrected chi connectivity index (χ0v) is 13.1. The molecular weight excluding hydrogens is 327 g/mol. The number of aliphatic hydroxyl groups is 1. The zero-order chi connectivity index (χ0) is 16.2. The number of hydrogen-bond donors (Lipinski definition) is 2. The quantitative estimate of drug-likeness (QED) is 0.828. The van der Waals surface area contributed by atoms with Crippen LogP contribution in [0.3, 0.4) is 0 Å². The first-order chi connectivity index (χ1) is 9.76. The minimum atomic E-state index is -4.58. The molecule has 9 heteroatoms. The van der Waals surface area contributed by atoms with Crippen molar-refractivity contribution in [3.05, 3.63) is 17.7 Å². The number of rotatable bonds is 6. The Morgan fingerprint density at radius 1 is 1.09 bits per heavy atom. The second-order valence-corrected chi connectivity index (χ2v) is 4.32. The van der Waals surface area contributed by atoms with Gasteiger partial charge in [0, 0.05) is 12.0 Å². The van der Waals surface area contributed by atoms with Crippen LogP contribution < -0.4 is 19.9 Å². The van der Waals surface area contributed by atoms with E-state index < -0.39 is 24.7 Å². The normalized spacial score (nSPS) is 13.8. The average Bonchev–Trinajstić information content (AvgIpc) is 2.43. The van der Waals surface area contributed by atoms with Crippen LogP contribution in [0.5, 0.6) is 17.2 Å². The molecule has 22 heavy (non-hydrogen) atoms. The van der Waals surface area contributed by atoms with Gasteiger partial charge in [0.1, 0.15) is 6.04 Å². The lowest BCUT2D eigenvalue weighted by Gasteiger charge is -2.22. The van der Waals surface area contributed by atoms with E-state index in [-0.39, 0.29) is 29.5 Å². The van der Waals surface area contributed by atoms with Crippen LogP contribution in [0.2, 0.25) is 0 Å². The van der Waals surface area contributed by atoms with E-state index >= 15 is 0 Å². The minimum Gasteiger partial charge on any atom is -0.493 e. The number of benzene rings is 1. The molecule has 0 aliphatic heterocycles. The van der Waals surface area contributed by atoms with Crippen molar-refractivity contribution < 1.29 is 32.5 Å². The minimum absolute atomic E-state index is 0. The van der Waals surface area contributed by atoms with Crippen LogP contribution >= 0.6 is 12.4 Å². The van der Waals surface area contributed by atoms with Gasteiger partial charge in [-0.2, -0.15) is 13.2 Å². The Balaban J connectivity index is 0.00000441. The number of alkyl halides is 3. The Morgan fingerprint density at radius 2 is 1.64 bits per heavy atom. The van der Waals surface area contributed by atoms with Crippen molar-refractivity contribution in [2.75, 3.05) is 21.3 Å². The summed E-state index contributed by atoms with van der Waals surface area (Å²) in [5.74, 6) is 0.640. The number of nitrogens with two attached hydrogens (primary N) is 1. The lowest BCUT2D eigenvalue weighted by atomic mass is 10.0. The highest BCUT2D eigenvalue weighted by Gasteiger charge is 2.38.